The van der Waals surface area contributed by atoms with Crippen LogP contribution in [0.1, 0.15) is 5.69 Å². The van der Waals surface area contributed by atoms with E-state index in [9.17, 15) is 4.79 Å². The van der Waals surface area contributed by atoms with E-state index in [4.69, 9.17) is 5.73 Å². The SMILES string of the molecule is Nc1nc(CC(=O)Nc2ccc(-n3cncn3)cc2)cs1. The summed E-state index contributed by atoms with van der Waals surface area (Å²) in [5, 5.41) is 9.09. The van der Waals surface area contributed by atoms with E-state index >= 15 is 0 Å². The van der Waals surface area contributed by atoms with Crippen LogP contribution in [0.3, 0.4) is 0 Å². The third-order valence-electron chi connectivity index (χ3n) is 2.75. The van der Waals surface area contributed by atoms with Crippen LogP contribution in [0.25, 0.3) is 5.69 Å². The lowest BCUT2D eigenvalue weighted by Gasteiger charge is -2.05. The molecule has 106 valence electrons. The maximum atomic E-state index is 11.9. The number of carbonyl (C=O) groups excluding carboxylic acids is 1. The average Bonchev–Trinajstić information content (AvgIpc) is 3.11. The Morgan fingerprint density at radius 1 is 1.33 bits per heavy atom. The molecule has 0 aliphatic heterocycles. The van der Waals surface area contributed by atoms with Crippen LogP contribution in [0.5, 0.6) is 0 Å². The molecule has 0 radical (unpaired) electrons. The maximum Gasteiger partial charge on any atom is 0.230 e. The zero-order valence-corrected chi connectivity index (χ0v) is 11.7. The lowest BCUT2D eigenvalue weighted by molar-refractivity contribution is -0.115. The first-order valence-corrected chi connectivity index (χ1v) is 7.03. The number of nitrogen functional groups attached to an aromatic ring is 1. The van der Waals surface area contributed by atoms with Crippen LogP contribution >= 0.6 is 11.3 Å². The van der Waals surface area contributed by atoms with Gasteiger partial charge in [-0.05, 0) is 24.3 Å². The van der Waals surface area contributed by atoms with E-state index in [0.29, 0.717) is 16.5 Å². The van der Waals surface area contributed by atoms with Crippen molar-refractivity contribution in [1.82, 2.24) is 19.7 Å². The van der Waals surface area contributed by atoms with Gasteiger partial charge in [-0.2, -0.15) is 5.10 Å². The van der Waals surface area contributed by atoms with Gasteiger partial charge in [0, 0.05) is 11.1 Å². The number of rotatable bonds is 4. The molecule has 0 atom stereocenters. The standard InChI is InChI=1S/C13H12N6OS/c14-13-18-10(6-21-13)5-12(20)17-9-1-3-11(4-2-9)19-8-15-7-16-19/h1-4,6-8H,5H2,(H2,14,18)(H,17,20). The number of benzene rings is 1. The van der Waals surface area contributed by atoms with Gasteiger partial charge in [0.25, 0.3) is 0 Å². The van der Waals surface area contributed by atoms with Crippen molar-refractivity contribution in [3.63, 3.8) is 0 Å². The molecule has 0 bridgehead atoms. The molecule has 0 spiro atoms. The minimum Gasteiger partial charge on any atom is -0.375 e. The summed E-state index contributed by atoms with van der Waals surface area (Å²) in [6.45, 7) is 0. The van der Waals surface area contributed by atoms with Crippen molar-refractivity contribution in [2.24, 2.45) is 0 Å². The van der Waals surface area contributed by atoms with E-state index in [1.54, 1.807) is 16.4 Å². The second-order valence-electron chi connectivity index (χ2n) is 4.29. The van der Waals surface area contributed by atoms with Gasteiger partial charge in [-0.25, -0.2) is 14.6 Å². The largest absolute Gasteiger partial charge is 0.375 e. The molecule has 1 amide bonds. The van der Waals surface area contributed by atoms with Crippen molar-refractivity contribution in [2.75, 3.05) is 11.1 Å². The van der Waals surface area contributed by atoms with Crippen LogP contribution in [0.2, 0.25) is 0 Å². The quantitative estimate of drug-likeness (QED) is 0.760. The zero-order chi connectivity index (χ0) is 14.7. The second kappa shape index (κ2) is 5.71. The van der Waals surface area contributed by atoms with E-state index in [-0.39, 0.29) is 12.3 Å². The number of nitrogens with two attached hydrogens (primary N) is 1. The summed E-state index contributed by atoms with van der Waals surface area (Å²) in [5.74, 6) is -0.131. The summed E-state index contributed by atoms with van der Waals surface area (Å²) < 4.78 is 1.64. The molecule has 0 saturated heterocycles. The van der Waals surface area contributed by atoms with Crippen LogP contribution in [0.4, 0.5) is 10.8 Å². The van der Waals surface area contributed by atoms with Crippen molar-refractivity contribution >= 4 is 28.1 Å². The van der Waals surface area contributed by atoms with Crippen LogP contribution in [0, 0.1) is 0 Å². The van der Waals surface area contributed by atoms with Crippen molar-refractivity contribution in [3.8, 4) is 5.69 Å². The Hall–Kier alpha value is -2.74. The van der Waals surface area contributed by atoms with Gasteiger partial charge >= 0.3 is 0 Å². The second-order valence-corrected chi connectivity index (χ2v) is 5.18. The molecule has 3 aromatic rings. The lowest BCUT2D eigenvalue weighted by Crippen LogP contribution is -2.14. The summed E-state index contributed by atoms with van der Waals surface area (Å²) in [7, 11) is 0. The molecule has 0 fully saturated rings. The van der Waals surface area contributed by atoms with Crippen LogP contribution in [-0.2, 0) is 11.2 Å². The highest BCUT2D eigenvalue weighted by atomic mass is 32.1. The average molecular weight is 300 g/mol. The number of hydrogen-bond donors (Lipinski definition) is 2. The van der Waals surface area contributed by atoms with Crippen LogP contribution in [0.15, 0.2) is 42.3 Å². The number of carbonyl (C=O) groups is 1. The Bertz CT molecular complexity index is 734. The first-order chi connectivity index (χ1) is 10.2. The summed E-state index contributed by atoms with van der Waals surface area (Å²) >= 11 is 1.32. The third kappa shape index (κ3) is 3.23. The Balaban J connectivity index is 1.63. The molecule has 0 unspecified atom stereocenters. The monoisotopic (exact) mass is 300 g/mol. The molecule has 3 rings (SSSR count). The minimum absolute atomic E-state index is 0.131. The van der Waals surface area contributed by atoms with Gasteiger partial charge in [-0.15, -0.1) is 11.3 Å². The van der Waals surface area contributed by atoms with Gasteiger partial charge in [0.15, 0.2) is 5.13 Å². The number of nitrogens with zero attached hydrogens (tertiary/aromatic N) is 4. The lowest BCUT2D eigenvalue weighted by atomic mass is 10.2. The fourth-order valence-electron chi connectivity index (χ4n) is 1.81. The summed E-state index contributed by atoms with van der Waals surface area (Å²) in [6, 6.07) is 7.32. The molecule has 0 aliphatic carbocycles. The molecule has 3 N–H and O–H groups in total. The molecule has 1 aromatic carbocycles. The summed E-state index contributed by atoms with van der Waals surface area (Å²) in [6.07, 6.45) is 3.29. The molecule has 2 aromatic heterocycles. The highest BCUT2D eigenvalue weighted by Gasteiger charge is 2.07. The van der Waals surface area contributed by atoms with E-state index in [1.165, 1.54) is 17.7 Å². The number of thiazole rings is 1. The van der Waals surface area contributed by atoms with Crippen molar-refractivity contribution in [3.05, 3.63) is 48.0 Å². The Kier molecular flexibility index (Phi) is 3.61. The number of anilines is 2. The minimum atomic E-state index is -0.131. The smallest absolute Gasteiger partial charge is 0.230 e. The molecule has 7 nitrogen and oxygen atoms in total. The fourth-order valence-corrected chi connectivity index (χ4v) is 2.38. The molecular weight excluding hydrogens is 288 g/mol. The number of nitrogens with one attached hydrogen (secondary N) is 1. The number of aromatic nitrogens is 4. The molecule has 0 aliphatic rings. The first kappa shape index (κ1) is 13.3. The van der Waals surface area contributed by atoms with E-state index in [2.05, 4.69) is 20.4 Å². The highest BCUT2D eigenvalue weighted by Crippen LogP contribution is 2.14. The zero-order valence-electron chi connectivity index (χ0n) is 10.9. The van der Waals surface area contributed by atoms with Gasteiger partial charge < -0.3 is 11.1 Å². The number of hydrogen-bond acceptors (Lipinski definition) is 6. The van der Waals surface area contributed by atoms with Gasteiger partial charge in [0.2, 0.25) is 5.91 Å². The van der Waals surface area contributed by atoms with E-state index in [0.717, 1.165) is 5.69 Å². The molecular formula is C13H12N6OS. The molecule has 21 heavy (non-hydrogen) atoms. The summed E-state index contributed by atoms with van der Waals surface area (Å²) in [5.41, 5.74) is 7.80. The molecule has 0 saturated carbocycles. The van der Waals surface area contributed by atoms with Crippen molar-refractivity contribution in [1.29, 1.82) is 0 Å². The van der Waals surface area contributed by atoms with Gasteiger partial charge in [0.1, 0.15) is 12.7 Å². The number of amides is 1. The van der Waals surface area contributed by atoms with Gasteiger partial charge in [-0.1, -0.05) is 0 Å². The normalized spacial score (nSPS) is 10.5. The Morgan fingerprint density at radius 2 is 2.14 bits per heavy atom. The summed E-state index contributed by atoms with van der Waals surface area (Å²) in [4.78, 5) is 19.8. The fraction of sp³-hybridized carbons (Fsp3) is 0.0769. The molecule has 8 heteroatoms. The predicted octanol–water partition coefficient (Wildman–Crippen LogP) is 1.49. The van der Waals surface area contributed by atoms with Gasteiger partial charge in [0.05, 0.1) is 17.8 Å². The van der Waals surface area contributed by atoms with Gasteiger partial charge in [-0.3, -0.25) is 4.79 Å². The maximum absolute atomic E-state index is 11.9. The van der Waals surface area contributed by atoms with E-state index in [1.807, 2.05) is 24.3 Å². The Morgan fingerprint density at radius 3 is 2.76 bits per heavy atom. The topological polar surface area (TPSA) is 98.7 Å². The highest BCUT2D eigenvalue weighted by molar-refractivity contribution is 7.13. The van der Waals surface area contributed by atoms with Crippen molar-refractivity contribution in [2.45, 2.75) is 6.42 Å². The Labute approximate surface area is 124 Å². The predicted molar refractivity (Wildman–Crippen MR) is 80.2 cm³/mol. The van der Waals surface area contributed by atoms with Crippen LogP contribution < -0.4 is 11.1 Å². The van der Waals surface area contributed by atoms with E-state index < -0.39 is 0 Å². The first-order valence-electron chi connectivity index (χ1n) is 6.15. The molecule has 2 heterocycles. The van der Waals surface area contributed by atoms with Crippen LogP contribution in [-0.4, -0.2) is 25.7 Å². The third-order valence-corrected chi connectivity index (χ3v) is 3.47. The van der Waals surface area contributed by atoms with Crippen molar-refractivity contribution < 1.29 is 4.79 Å².